The fourth-order valence-corrected chi connectivity index (χ4v) is 9.83. The van der Waals surface area contributed by atoms with E-state index in [4.69, 9.17) is 39.0 Å². The van der Waals surface area contributed by atoms with E-state index in [1.807, 2.05) is 28.0 Å². The minimum absolute atomic E-state index is 0.00537. The second-order valence-electron chi connectivity index (χ2n) is 17.2. The molecule has 0 aliphatic carbocycles. The van der Waals surface area contributed by atoms with E-state index < -0.39 is 23.6 Å². The van der Waals surface area contributed by atoms with Gasteiger partial charge < -0.3 is 70.1 Å². The van der Waals surface area contributed by atoms with E-state index in [2.05, 4.69) is 41.0 Å². The van der Waals surface area contributed by atoms with Gasteiger partial charge in [0.15, 0.2) is 44.3 Å². The molecule has 8 aromatic rings. The molecular weight excluding hydrogens is 1040 g/mol. The number of hydrogen-bond donors (Lipinski definition) is 7. The van der Waals surface area contributed by atoms with Crippen molar-refractivity contribution in [3.05, 3.63) is 106 Å². The van der Waals surface area contributed by atoms with E-state index in [1.165, 1.54) is 60.1 Å². The number of hydrogen-bond acceptors (Lipinski definition) is 23. The second-order valence-corrected chi connectivity index (χ2v) is 18.9. The van der Waals surface area contributed by atoms with Crippen LogP contribution in [-0.2, 0) is 4.74 Å². The molecule has 2 aliphatic heterocycles. The normalized spacial score (nSPS) is 14.8. The van der Waals surface area contributed by atoms with Crippen LogP contribution in [0.3, 0.4) is 0 Å². The molecule has 26 heteroatoms. The summed E-state index contributed by atoms with van der Waals surface area (Å²) in [6, 6.07) is 18.4. The Morgan fingerprint density at radius 2 is 1.01 bits per heavy atom. The summed E-state index contributed by atoms with van der Waals surface area (Å²) in [6.45, 7) is 2.23. The predicted molar refractivity (Wildman–Crippen MR) is 287 cm³/mol. The number of amides is 2. The molecule has 398 valence electrons. The number of anilines is 6. The highest BCUT2D eigenvalue weighted by Crippen LogP contribution is 2.36. The molecule has 7 N–H and O–H groups in total. The summed E-state index contributed by atoms with van der Waals surface area (Å²) in [6.07, 6.45) is 1.34. The van der Waals surface area contributed by atoms with Crippen molar-refractivity contribution in [2.75, 3.05) is 82.2 Å². The number of aromatic hydroxyl groups is 2. The maximum Gasteiger partial charge on any atom is 0.341 e. The molecule has 0 saturated carbocycles. The lowest BCUT2D eigenvalue weighted by atomic mass is 10.1. The van der Waals surface area contributed by atoms with Crippen molar-refractivity contribution in [3.63, 3.8) is 0 Å². The number of benzene rings is 4. The number of ether oxygens (including phenoxy) is 5. The van der Waals surface area contributed by atoms with Gasteiger partial charge in [-0.3, -0.25) is 9.59 Å². The lowest BCUT2D eigenvalue weighted by molar-refractivity contribution is 0.0595. The van der Waals surface area contributed by atoms with Gasteiger partial charge in [0.25, 0.3) is 11.8 Å². The zero-order chi connectivity index (χ0) is 54.3. The quantitative estimate of drug-likeness (QED) is 0.0501. The third kappa shape index (κ3) is 11.7. The fraction of sp³-hybridized carbons (Fsp3) is 0.255. The standard InChI is InChI=1S/C26H26N6O6S.C25H24N6O6S/c1-36-19-7-5-15(11-20(19)37-2)28-22-21-24(39-13-27-21)31-26(30-22)32-9-8-16(12-32)29-23(34)14-4-6-17(18(33)10-14)25(35)38-3;1-36-18-6-4-14(10-19(18)37-2)27-21-20-23(38-12-26-20)30-25(29-21)31-8-7-15(11-31)28-22(33)13-3-5-16(24(34)35)17(32)9-13/h4-7,10-11,13,16,33H,8-9,12H2,1-3H3,(H,29,34)(H,28,30,31);3-6,9-10,12,15,32H,7-8,11H2,1-2H3,(H,28,33)(H,34,35)(H,27,29,30). The summed E-state index contributed by atoms with van der Waals surface area (Å²) >= 11 is 2.82. The number of nitrogens with one attached hydrogen (secondary N) is 4. The molecule has 77 heavy (non-hydrogen) atoms. The third-order valence-corrected chi connectivity index (χ3v) is 13.9. The molecule has 4 aromatic heterocycles. The monoisotopic (exact) mass is 1090 g/mol. The van der Waals surface area contributed by atoms with Gasteiger partial charge >= 0.3 is 11.9 Å². The number of carboxylic acids is 1. The van der Waals surface area contributed by atoms with E-state index in [9.17, 15) is 29.4 Å². The first kappa shape index (κ1) is 52.6. The molecule has 2 saturated heterocycles. The SMILES string of the molecule is COC(=O)c1ccc(C(=O)NC2CCN(c3nc(Nc4ccc(OC)c(OC)c4)c4ncsc4n3)C2)cc1O.COc1ccc(Nc2nc(N3CCC(NC(=O)c4ccc(C(=O)O)c(O)c4)C3)nc3scnc23)cc1OC. The van der Waals surface area contributed by atoms with Crippen LogP contribution >= 0.6 is 22.7 Å². The van der Waals surface area contributed by atoms with Crippen LogP contribution in [0.5, 0.6) is 34.5 Å². The summed E-state index contributed by atoms with van der Waals surface area (Å²) in [7, 11) is 7.52. The Bertz CT molecular complexity index is 3520. The number of phenolic OH excluding ortho intramolecular Hbond substituents is 1. The minimum Gasteiger partial charge on any atom is -0.507 e. The van der Waals surface area contributed by atoms with Gasteiger partial charge in [0.1, 0.15) is 33.7 Å². The Labute approximate surface area is 446 Å². The van der Waals surface area contributed by atoms with Crippen LogP contribution in [0, 0.1) is 0 Å². The zero-order valence-electron chi connectivity index (χ0n) is 41.9. The molecule has 6 heterocycles. The van der Waals surface area contributed by atoms with E-state index in [1.54, 1.807) is 57.7 Å². The molecule has 2 aliphatic rings. The van der Waals surface area contributed by atoms with Crippen LogP contribution in [0.4, 0.5) is 34.9 Å². The molecular formula is C51H50N12O12S2. The number of carboxylic acid groups (broad SMARTS) is 1. The molecule has 2 amide bonds. The molecule has 0 spiro atoms. The van der Waals surface area contributed by atoms with Crippen LogP contribution in [0.25, 0.3) is 20.7 Å². The van der Waals surface area contributed by atoms with Gasteiger partial charge in [0.2, 0.25) is 11.9 Å². The van der Waals surface area contributed by atoms with Crippen LogP contribution < -0.4 is 50.0 Å². The second kappa shape index (κ2) is 23.1. The number of esters is 1. The van der Waals surface area contributed by atoms with Gasteiger partial charge in [0, 0.05) is 72.9 Å². The lowest BCUT2D eigenvalue weighted by Gasteiger charge is -2.18. The Morgan fingerprint density at radius 3 is 1.42 bits per heavy atom. The maximum atomic E-state index is 12.8. The van der Waals surface area contributed by atoms with Crippen molar-refractivity contribution >= 4 is 102 Å². The number of nitrogens with zero attached hydrogens (tertiary/aromatic N) is 8. The number of rotatable bonds is 16. The number of methoxy groups -OCH3 is 5. The smallest absolute Gasteiger partial charge is 0.341 e. The van der Waals surface area contributed by atoms with Gasteiger partial charge in [0.05, 0.1) is 46.6 Å². The van der Waals surface area contributed by atoms with Crippen LogP contribution in [0.15, 0.2) is 83.8 Å². The van der Waals surface area contributed by atoms with Crippen molar-refractivity contribution in [3.8, 4) is 34.5 Å². The van der Waals surface area contributed by atoms with Crippen molar-refractivity contribution in [1.82, 2.24) is 40.5 Å². The first-order valence-electron chi connectivity index (χ1n) is 23.6. The van der Waals surface area contributed by atoms with Crippen molar-refractivity contribution in [2.24, 2.45) is 0 Å². The Hall–Kier alpha value is -9.30. The Morgan fingerprint density at radius 1 is 0.571 bits per heavy atom. The fourth-order valence-electron chi connectivity index (χ4n) is 8.53. The van der Waals surface area contributed by atoms with E-state index >= 15 is 0 Å². The van der Waals surface area contributed by atoms with Crippen LogP contribution in [0.2, 0.25) is 0 Å². The molecule has 24 nitrogen and oxygen atoms in total. The highest BCUT2D eigenvalue weighted by Gasteiger charge is 2.30. The largest absolute Gasteiger partial charge is 0.507 e. The highest BCUT2D eigenvalue weighted by atomic mass is 32.1. The Balaban J connectivity index is 0.000000188. The summed E-state index contributed by atoms with van der Waals surface area (Å²) in [4.78, 5) is 81.5. The summed E-state index contributed by atoms with van der Waals surface area (Å²) in [5.74, 6) is 1.02. The Kier molecular flexibility index (Phi) is 15.8. The summed E-state index contributed by atoms with van der Waals surface area (Å²) in [5, 5.41) is 41.6. The predicted octanol–water partition coefficient (Wildman–Crippen LogP) is 6.61. The molecule has 2 fully saturated rings. The molecule has 4 aromatic carbocycles. The van der Waals surface area contributed by atoms with Crippen molar-refractivity contribution in [1.29, 1.82) is 0 Å². The van der Waals surface area contributed by atoms with Crippen LogP contribution in [-0.4, -0.2) is 143 Å². The van der Waals surface area contributed by atoms with Gasteiger partial charge in [-0.15, -0.1) is 22.7 Å². The van der Waals surface area contributed by atoms with Gasteiger partial charge in [-0.05, 0) is 73.5 Å². The number of thiazole rings is 2. The zero-order valence-corrected chi connectivity index (χ0v) is 43.5. The van der Waals surface area contributed by atoms with Gasteiger partial charge in [-0.1, -0.05) is 0 Å². The average molecular weight is 1090 g/mol. The number of fused-ring (bicyclic) bond motifs is 2. The van der Waals surface area contributed by atoms with E-state index in [-0.39, 0.29) is 46.0 Å². The number of carbonyl (C=O) groups is 4. The molecule has 10 rings (SSSR count). The molecule has 2 unspecified atom stereocenters. The van der Waals surface area contributed by atoms with Crippen molar-refractivity contribution < 1.29 is 58.2 Å². The van der Waals surface area contributed by atoms with E-state index in [0.717, 1.165) is 27.1 Å². The highest BCUT2D eigenvalue weighted by molar-refractivity contribution is 7.16. The number of phenols is 2. The summed E-state index contributed by atoms with van der Waals surface area (Å²) < 4.78 is 26.1. The third-order valence-electron chi connectivity index (χ3n) is 12.4. The first-order valence-corrected chi connectivity index (χ1v) is 25.3. The first-order chi connectivity index (χ1) is 37.2. The average Bonchev–Trinajstić information content (AvgIpc) is 4.30. The molecule has 2 atom stereocenters. The minimum atomic E-state index is -1.27. The number of aromatic nitrogens is 6. The number of carbonyl (C=O) groups excluding carboxylic acids is 3. The molecule has 0 radical (unpaired) electrons. The number of aromatic carboxylic acids is 1. The van der Waals surface area contributed by atoms with Gasteiger partial charge in [-0.2, -0.15) is 19.9 Å². The van der Waals surface area contributed by atoms with E-state index in [0.29, 0.717) is 96.6 Å². The topological polar surface area (TPSA) is 307 Å². The summed E-state index contributed by atoms with van der Waals surface area (Å²) in [5.41, 5.74) is 6.36. The van der Waals surface area contributed by atoms with Gasteiger partial charge in [-0.25, -0.2) is 19.6 Å². The lowest BCUT2D eigenvalue weighted by Crippen LogP contribution is -2.37. The maximum absolute atomic E-state index is 12.8. The van der Waals surface area contributed by atoms with Crippen LogP contribution in [0.1, 0.15) is 54.3 Å². The molecule has 0 bridgehead atoms. The van der Waals surface area contributed by atoms with Crippen molar-refractivity contribution in [2.45, 2.75) is 24.9 Å².